The van der Waals surface area contributed by atoms with Crippen molar-refractivity contribution in [1.29, 1.82) is 0 Å². The molecule has 2 heterocycles. The highest BCUT2D eigenvalue weighted by Crippen LogP contribution is 2.44. The number of esters is 1. The predicted octanol–water partition coefficient (Wildman–Crippen LogP) is 6.61. The Morgan fingerprint density at radius 2 is 1.57 bits per heavy atom. The first-order valence-corrected chi connectivity index (χ1v) is 14.0. The molecule has 1 N–H and O–H groups in total. The molecule has 0 saturated heterocycles. The highest BCUT2D eigenvalue weighted by molar-refractivity contribution is 6.42. The maximum Gasteiger partial charge on any atom is 0.336 e. The Morgan fingerprint density at radius 1 is 0.909 bits per heavy atom. The Bertz CT molecular complexity index is 1690. The van der Waals surface area contributed by atoms with Crippen LogP contribution in [0.5, 0.6) is 5.75 Å². The highest BCUT2D eigenvalue weighted by atomic mass is 35.5. The van der Waals surface area contributed by atoms with Crippen molar-refractivity contribution >= 4 is 35.0 Å². The predicted molar refractivity (Wildman–Crippen MR) is 151 cm³/mol. The zero-order valence-electron chi connectivity index (χ0n) is 23.0. The SMILES string of the molecule is CC1=C(C(=O)OCCOc2cccc(Cl)c2Cl)C(c2c(F)c(F)c(F)c(F)c2F)C2=C(CN(Cc3ccccc3)CC2=O)N1. The third kappa shape index (κ3) is 6.04. The summed E-state index contributed by atoms with van der Waals surface area (Å²) in [6, 6.07) is 13.8. The van der Waals surface area contributed by atoms with E-state index in [1.807, 2.05) is 30.3 Å². The summed E-state index contributed by atoms with van der Waals surface area (Å²) in [5, 5.41) is 3.28. The van der Waals surface area contributed by atoms with Gasteiger partial charge in [0.2, 0.25) is 5.82 Å². The van der Waals surface area contributed by atoms with Crippen molar-refractivity contribution in [1.82, 2.24) is 10.2 Å². The smallest absolute Gasteiger partial charge is 0.336 e. The highest BCUT2D eigenvalue weighted by Gasteiger charge is 2.45. The normalized spacial score (nSPS) is 17.0. The minimum Gasteiger partial charge on any atom is -0.488 e. The lowest BCUT2D eigenvalue weighted by molar-refractivity contribution is -0.140. The van der Waals surface area contributed by atoms with E-state index in [0.29, 0.717) is 6.54 Å². The Balaban J connectivity index is 1.48. The molecule has 0 aromatic heterocycles. The van der Waals surface area contributed by atoms with Gasteiger partial charge in [-0.2, -0.15) is 0 Å². The second-order valence-electron chi connectivity index (χ2n) is 10.1. The van der Waals surface area contributed by atoms with Crippen molar-refractivity contribution < 1.29 is 41.0 Å². The number of allylic oxidation sites excluding steroid dienone is 1. The molecule has 2 aliphatic rings. The average molecular weight is 653 g/mol. The molecule has 230 valence electrons. The van der Waals surface area contributed by atoms with E-state index in [9.17, 15) is 22.8 Å². The zero-order chi connectivity index (χ0) is 31.7. The number of halogens is 7. The summed E-state index contributed by atoms with van der Waals surface area (Å²) >= 11 is 12.0. The molecule has 0 saturated carbocycles. The molecular formula is C31H23Cl2F5N2O4. The molecule has 6 nitrogen and oxygen atoms in total. The zero-order valence-corrected chi connectivity index (χ0v) is 24.5. The van der Waals surface area contributed by atoms with Crippen LogP contribution < -0.4 is 10.1 Å². The number of Topliss-reactive ketones (excluding diaryl/α,β-unsaturated/α-hetero) is 1. The van der Waals surface area contributed by atoms with Crippen LogP contribution in [0.25, 0.3) is 0 Å². The molecule has 3 aromatic rings. The van der Waals surface area contributed by atoms with Crippen LogP contribution in [0.4, 0.5) is 22.0 Å². The molecule has 0 radical (unpaired) electrons. The van der Waals surface area contributed by atoms with E-state index in [2.05, 4.69) is 5.32 Å². The standard InChI is InChI=1S/C31H23Cl2F5N2O4/c1-15-21(31(42)44-11-10-43-20-9-5-8-17(32)25(20)33)23(24-26(34)28(36)30(38)29(37)27(24)35)22-18(39-15)13-40(14-19(22)41)12-16-6-3-2-4-7-16/h2-9,23,39H,10-14H2,1H3. The van der Waals surface area contributed by atoms with E-state index < -0.39 is 64.5 Å². The average Bonchev–Trinajstić information content (AvgIpc) is 2.99. The number of nitrogens with zero attached hydrogens (tertiary/aromatic N) is 1. The molecule has 1 atom stereocenters. The number of rotatable bonds is 8. The second kappa shape index (κ2) is 13.0. The van der Waals surface area contributed by atoms with Gasteiger partial charge in [-0.3, -0.25) is 9.69 Å². The van der Waals surface area contributed by atoms with Crippen molar-refractivity contribution in [3.8, 4) is 5.75 Å². The lowest BCUT2D eigenvalue weighted by atomic mass is 9.76. The molecule has 0 amide bonds. The minimum atomic E-state index is -2.36. The number of benzene rings is 3. The number of hydrogen-bond acceptors (Lipinski definition) is 6. The van der Waals surface area contributed by atoms with Gasteiger partial charge in [0.25, 0.3) is 0 Å². The van der Waals surface area contributed by atoms with Gasteiger partial charge >= 0.3 is 5.97 Å². The fourth-order valence-electron chi connectivity index (χ4n) is 5.27. The summed E-state index contributed by atoms with van der Waals surface area (Å²) in [4.78, 5) is 28.7. The molecule has 0 bridgehead atoms. The van der Waals surface area contributed by atoms with Gasteiger partial charge in [0.15, 0.2) is 29.1 Å². The van der Waals surface area contributed by atoms with E-state index >= 15 is 8.78 Å². The monoisotopic (exact) mass is 652 g/mol. The van der Waals surface area contributed by atoms with Crippen molar-refractivity contribution in [3.05, 3.63) is 121 Å². The number of ether oxygens (including phenoxy) is 2. The van der Waals surface area contributed by atoms with Gasteiger partial charge < -0.3 is 14.8 Å². The van der Waals surface area contributed by atoms with E-state index in [4.69, 9.17) is 32.7 Å². The topological polar surface area (TPSA) is 67.9 Å². The first-order valence-electron chi connectivity index (χ1n) is 13.2. The van der Waals surface area contributed by atoms with Crippen LogP contribution in [0.3, 0.4) is 0 Å². The van der Waals surface area contributed by atoms with Crippen LogP contribution in [-0.4, -0.2) is 43.0 Å². The van der Waals surface area contributed by atoms with E-state index in [-0.39, 0.29) is 52.5 Å². The Morgan fingerprint density at radius 3 is 2.25 bits per heavy atom. The van der Waals surface area contributed by atoms with Gasteiger partial charge in [-0.05, 0) is 24.6 Å². The third-order valence-electron chi connectivity index (χ3n) is 7.19. The molecule has 44 heavy (non-hydrogen) atoms. The number of ketones is 1. The van der Waals surface area contributed by atoms with Crippen molar-refractivity contribution in [3.63, 3.8) is 0 Å². The molecule has 3 aromatic carbocycles. The van der Waals surface area contributed by atoms with E-state index in [0.717, 1.165) is 5.56 Å². The molecular weight excluding hydrogens is 630 g/mol. The van der Waals surface area contributed by atoms with Crippen molar-refractivity contribution in [2.75, 3.05) is 26.3 Å². The summed E-state index contributed by atoms with van der Waals surface area (Å²) in [6.45, 7) is 0.925. The number of nitrogens with one attached hydrogen (secondary N) is 1. The van der Waals surface area contributed by atoms with Crippen LogP contribution >= 0.6 is 23.2 Å². The summed E-state index contributed by atoms with van der Waals surface area (Å²) in [6.07, 6.45) is 0. The second-order valence-corrected chi connectivity index (χ2v) is 10.8. The molecule has 13 heteroatoms. The summed E-state index contributed by atoms with van der Waals surface area (Å²) < 4.78 is 84.1. The molecule has 0 aliphatic carbocycles. The Labute approximate surface area is 258 Å². The summed E-state index contributed by atoms with van der Waals surface area (Å²) in [5.41, 5.74) is -1.05. The van der Waals surface area contributed by atoms with Gasteiger partial charge in [0, 0.05) is 35.6 Å². The Hall–Kier alpha value is -3.93. The van der Waals surface area contributed by atoms with Gasteiger partial charge in [-0.1, -0.05) is 59.6 Å². The number of hydrogen-bond donors (Lipinski definition) is 1. The van der Waals surface area contributed by atoms with Crippen molar-refractivity contribution in [2.24, 2.45) is 0 Å². The van der Waals surface area contributed by atoms with Gasteiger partial charge in [0.1, 0.15) is 24.0 Å². The Kier molecular flexibility index (Phi) is 9.28. The molecule has 0 spiro atoms. The molecule has 5 rings (SSSR count). The van der Waals surface area contributed by atoms with E-state index in [1.54, 1.807) is 11.0 Å². The van der Waals surface area contributed by atoms with Crippen LogP contribution in [0, 0.1) is 29.1 Å². The molecule has 1 unspecified atom stereocenters. The largest absolute Gasteiger partial charge is 0.488 e. The number of carbonyl (C=O) groups is 2. The maximum atomic E-state index is 15.3. The molecule has 2 aliphatic heterocycles. The van der Waals surface area contributed by atoms with Crippen LogP contribution in [0.15, 0.2) is 71.1 Å². The quantitative estimate of drug-likeness (QED) is 0.0971. The lowest BCUT2D eigenvalue weighted by Gasteiger charge is -2.38. The van der Waals surface area contributed by atoms with Crippen LogP contribution in [-0.2, 0) is 20.9 Å². The van der Waals surface area contributed by atoms with E-state index in [1.165, 1.54) is 19.1 Å². The third-order valence-corrected chi connectivity index (χ3v) is 7.99. The lowest BCUT2D eigenvalue weighted by Crippen LogP contribution is -2.45. The maximum absolute atomic E-state index is 15.3. The van der Waals surface area contributed by atoms with Crippen LogP contribution in [0.2, 0.25) is 10.0 Å². The van der Waals surface area contributed by atoms with Crippen LogP contribution in [0.1, 0.15) is 24.0 Å². The summed E-state index contributed by atoms with van der Waals surface area (Å²) in [7, 11) is 0. The first-order chi connectivity index (χ1) is 21.0. The molecule has 0 fully saturated rings. The first kappa shape index (κ1) is 31.5. The number of carbonyl (C=O) groups excluding carboxylic acids is 2. The fraction of sp³-hybridized carbons (Fsp3) is 0.226. The van der Waals surface area contributed by atoms with Crippen molar-refractivity contribution in [2.45, 2.75) is 19.4 Å². The fourth-order valence-corrected chi connectivity index (χ4v) is 5.61. The van der Waals surface area contributed by atoms with Gasteiger partial charge in [0.05, 0.1) is 23.1 Å². The summed E-state index contributed by atoms with van der Waals surface area (Å²) in [5.74, 6) is -14.6. The van der Waals surface area contributed by atoms with Gasteiger partial charge in [-0.15, -0.1) is 0 Å². The minimum absolute atomic E-state index is 0.0101. The van der Waals surface area contributed by atoms with Gasteiger partial charge in [-0.25, -0.2) is 26.7 Å². The number of dihydropyridines is 1.